The summed E-state index contributed by atoms with van der Waals surface area (Å²) in [7, 11) is 3.26. The van der Waals surface area contributed by atoms with Crippen LogP contribution in [-0.4, -0.2) is 47.9 Å². The number of carbonyl (C=O) groups excluding carboxylic acids is 2. The first-order chi connectivity index (χ1) is 16.1. The van der Waals surface area contributed by atoms with Gasteiger partial charge in [0.2, 0.25) is 11.8 Å². The molecule has 6 heteroatoms. The van der Waals surface area contributed by atoms with Crippen LogP contribution in [0.3, 0.4) is 0 Å². The zero-order valence-corrected chi connectivity index (χ0v) is 21.5. The molecule has 0 aliphatic carbocycles. The predicted molar refractivity (Wildman–Crippen MR) is 134 cm³/mol. The third-order valence-corrected chi connectivity index (χ3v) is 7.01. The Morgan fingerprint density at radius 3 is 1.62 bits per heavy atom. The number of carbonyl (C=O) groups is 2. The maximum absolute atomic E-state index is 14.1. The van der Waals surface area contributed by atoms with Crippen LogP contribution >= 0.6 is 0 Å². The fourth-order valence-corrected chi connectivity index (χ4v) is 4.65. The van der Waals surface area contributed by atoms with Crippen molar-refractivity contribution in [3.63, 3.8) is 0 Å². The molecule has 0 spiro atoms. The van der Waals surface area contributed by atoms with Gasteiger partial charge in [0.1, 0.15) is 23.6 Å². The fourth-order valence-electron chi connectivity index (χ4n) is 4.65. The average Bonchev–Trinajstić information content (AvgIpc) is 2.82. The molecule has 0 bridgehead atoms. The largest absolute Gasteiger partial charge is 0.497 e. The lowest BCUT2D eigenvalue weighted by atomic mass is 9.77. The highest BCUT2D eigenvalue weighted by Gasteiger charge is 2.51. The summed E-state index contributed by atoms with van der Waals surface area (Å²) in [6, 6.07) is 14.3. The molecule has 0 N–H and O–H groups in total. The quantitative estimate of drug-likeness (QED) is 0.527. The number of hydrogen-bond donors (Lipinski definition) is 0. The molecular weight excluding hydrogens is 428 g/mol. The van der Waals surface area contributed by atoms with E-state index in [1.165, 1.54) is 0 Å². The molecule has 184 valence electrons. The first-order valence-electron chi connectivity index (χ1n) is 12.0. The Labute approximate surface area is 203 Å². The first-order valence-corrected chi connectivity index (χ1v) is 12.0. The maximum Gasteiger partial charge on any atom is 0.246 e. The zero-order chi connectivity index (χ0) is 25.0. The van der Waals surface area contributed by atoms with Crippen molar-refractivity contribution in [3.05, 3.63) is 59.7 Å². The lowest BCUT2D eigenvalue weighted by Crippen LogP contribution is -2.68. The van der Waals surface area contributed by atoms with Gasteiger partial charge < -0.3 is 19.3 Å². The van der Waals surface area contributed by atoms with Crippen molar-refractivity contribution in [1.82, 2.24) is 9.80 Å². The van der Waals surface area contributed by atoms with Gasteiger partial charge in [0.15, 0.2) is 0 Å². The first kappa shape index (κ1) is 25.6. The number of piperazine rings is 1. The molecule has 2 aromatic carbocycles. The molecule has 0 radical (unpaired) electrons. The van der Waals surface area contributed by atoms with Gasteiger partial charge >= 0.3 is 0 Å². The minimum atomic E-state index is -0.541. The summed E-state index contributed by atoms with van der Waals surface area (Å²) in [6.07, 6.45) is 0.776. The molecule has 2 amide bonds. The van der Waals surface area contributed by atoms with E-state index in [4.69, 9.17) is 9.47 Å². The highest BCUT2D eigenvalue weighted by molar-refractivity contribution is 5.97. The second-order valence-electron chi connectivity index (χ2n) is 10.1. The molecule has 0 saturated carbocycles. The van der Waals surface area contributed by atoms with Crippen LogP contribution in [0.1, 0.15) is 52.2 Å². The van der Waals surface area contributed by atoms with Crippen molar-refractivity contribution in [2.24, 2.45) is 11.3 Å². The molecule has 6 nitrogen and oxygen atoms in total. The third-order valence-electron chi connectivity index (χ3n) is 7.01. The minimum absolute atomic E-state index is 0.00505. The number of nitrogens with zero attached hydrogens (tertiary/aromatic N) is 2. The van der Waals surface area contributed by atoms with Crippen LogP contribution in [0.4, 0.5) is 0 Å². The number of amides is 2. The summed E-state index contributed by atoms with van der Waals surface area (Å²) in [4.78, 5) is 31.7. The number of benzene rings is 2. The van der Waals surface area contributed by atoms with Gasteiger partial charge in [-0.2, -0.15) is 0 Å². The predicted octanol–water partition coefficient (Wildman–Crippen LogP) is 4.90. The molecule has 1 aliphatic rings. The molecule has 0 aromatic heterocycles. The molecule has 34 heavy (non-hydrogen) atoms. The smallest absolute Gasteiger partial charge is 0.246 e. The Morgan fingerprint density at radius 1 is 0.794 bits per heavy atom. The Balaban J connectivity index is 2.00. The van der Waals surface area contributed by atoms with Gasteiger partial charge in [0, 0.05) is 13.1 Å². The number of hydrogen-bond acceptors (Lipinski definition) is 4. The summed E-state index contributed by atoms with van der Waals surface area (Å²) in [6.45, 7) is 11.0. The summed E-state index contributed by atoms with van der Waals surface area (Å²) in [5.41, 5.74) is 1.58. The number of rotatable bonds is 9. The van der Waals surface area contributed by atoms with E-state index >= 15 is 0 Å². The summed E-state index contributed by atoms with van der Waals surface area (Å²) in [5, 5.41) is 0. The minimum Gasteiger partial charge on any atom is -0.497 e. The van der Waals surface area contributed by atoms with E-state index in [2.05, 4.69) is 20.8 Å². The molecule has 0 unspecified atom stereocenters. The number of ether oxygens (including phenoxy) is 2. The van der Waals surface area contributed by atoms with Crippen molar-refractivity contribution in [2.45, 2.75) is 66.2 Å². The average molecular weight is 467 g/mol. The van der Waals surface area contributed by atoms with E-state index in [1.54, 1.807) is 19.1 Å². The van der Waals surface area contributed by atoms with Crippen LogP contribution in [-0.2, 0) is 22.7 Å². The van der Waals surface area contributed by atoms with Gasteiger partial charge in [-0.15, -0.1) is 0 Å². The van der Waals surface area contributed by atoms with E-state index in [0.29, 0.717) is 13.1 Å². The van der Waals surface area contributed by atoms with E-state index in [0.717, 1.165) is 29.0 Å². The van der Waals surface area contributed by atoms with E-state index in [-0.39, 0.29) is 23.1 Å². The maximum atomic E-state index is 14.1. The van der Waals surface area contributed by atoms with Gasteiger partial charge in [-0.25, -0.2) is 0 Å². The fraction of sp³-hybridized carbons (Fsp3) is 0.500. The Hall–Kier alpha value is -3.02. The molecule has 3 rings (SSSR count). The van der Waals surface area contributed by atoms with Gasteiger partial charge in [-0.3, -0.25) is 9.59 Å². The van der Waals surface area contributed by atoms with Crippen molar-refractivity contribution in [1.29, 1.82) is 0 Å². The lowest BCUT2D eigenvalue weighted by molar-refractivity contribution is -0.171. The van der Waals surface area contributed by atoms with Gasteiger partial charge in [-0.05, 0) is 53.1 Å². The van der Waals surface area contributed by atoms with Crippen molar-refractivity contribution in [2.75, 3.05) is 14.2 Å². The monoisotopic (exact) mass is 466 g/mol. The molecule has 1 heterocycles. The molecule has 1 saturated heterocycles. The summed E-state index contributed by atoms with van der Waals surface area (Å²) >= 11 is 0. The van der Waals surface area contributed by atoms with Crippen LogP contribution < -0.4 is 9.47 Å². The molecule has 2 aromatic rings. The second-order valence-corrected chi connectivity index (χ2v) is 10.1. The van der Waals surface area contributed by atoms with Crippen molar-refractivity contribution < 1.29 is 19.1 Å². The normalized spacial score (nSPS) is 19.1. The Bertz CT molecular complexity index is 982. The zero-order valence-electron chi connectivity index (χ0n) is 21.5. The van der Waals surface area contributed by atoms with E-state index < -0.39 is 12.1 Å². The summed E-state index contributed by atoms with van der Waals surface area (Å²) in [5.74, 6) is 1.53. The molecular formula is C28H38N2O4. The van der Waals surface area contributed by atoms with Gasteiger partial charge in [0.05, 0.1) is 14.2 Å². The highest BCUT2D eigenvalue weighted by Crippen LogP contribution is 2.37. The van der Waals surface area contributed by atoms with E-state index in [1.807, 2.05) is 67.3 Å². The van der Waals surface area contributed by atoms with Crippen LogP contribution in [0.2, 0.25) is 0 Å². The SMILES string of the molecule is CCC(C)(C)[C@H]1C(=O)N(Cc2ccc(OC)cc2)[C@@H](C(C)C)C(=O)N1Cc1ccc(OC)cc1. The highest BCUT2D eigenvalue weighted by atomic mass is 16.5. The summed E-state index contributed by atoms with van der Waals surface area (Å²) < 4.78 is 10.5. The van der Waals surface area contributed by atoms with Crippen molar-refractivity contribution in [3.8, 4) is 11.5 Å². The lowest BCUT2D eigenvalue weighted by Gasteiger charge is -2.51. The second kappa shape index (κ2) is 10.5. The molecule has 1 aliphatic heterocycles. The van der Waals surface area contributed by atoms with Crippen molar-refractivity contribution >= 4 is 11.8 Å². The van der Waals surface area contributed by atoms with Gasteiger partial charge in [0.25, 0.3) is 0 Å². The van der Waals surface area contributed by atoms with Crippen LogP contribution in [0, 0.1) is 11.3 Å². The number of methoxy groups -OCH3 is 2. The van der Waals surface area contributed by atoms with Crippen LogP contribution in [0.5, 0.6) is 11.5 Å². The molecule has 1 fully saturated rings. The Morgan fingerprint density at radius 2 is 1.24 bits per heavy atom. The van der Waals surface area contributed by atoms with Crippen LogP contribution in [0.15, 0.2) is 48.5 Å². The van der Waals surface area contributed by atoms with Gasteiger partial charge in [-0.1, -0.05) is 58.9 Å². The third kappa shape index (κ3) is 5.21. The Kier molecular flexibility index (Phi) is 7.90. The standard InChI is InChI=1S/C28H38N2O4/c1-8-28(4,5)25-27(32)29(17-20-9-13-22(33-6)14-10-20)24(19(2)3)26(31)30(25)18-21-11-15-23(34-7)16-12-21/h9-16,19,24-25H,8,17-18H2,1-7H3/t24-,25+/m0/s1. The molecule has 2 atom stereocenters. The van der Waals surface area contributed by atoms with Crippen LogP contribution in [0.25, 0.3) is 0 Å². The topological polar surface area (TPSA) is 59.1 Å². The van der Waals surface area contributed by atoms with E-state index in [9.17, 15) is 9.59 Å².